The summed E-state index contributed by atoms with van der Waals surface area (Å²) in [6.07, 6.45) is -0.961. The van der Waals surface area contributed by atoms with Gasteiger partial charge in [-0.25, -0.2) is 4.79 Å². The van der Waals surface area contributed by atoms with E-state index < -0.39 is 6.09 Å². The summed E-state index contributed by atoms with van der Waals surface area (Å²) in [6, 6.07) is 16.3. The molecule has 0 atom stereocenters. The van der Waals surface area contributed by atoms with Crippen molar-refractivity contribution in [3.05, 3.63) is 70.5 Å². The van der Waals surface area contributed by atoms with Crippen molar-refractivity contribution in [3.63, 3.8) is 0 Å². The van der Waals surface area contributed by atoms with Gasteiger partial charge in [-0.3, -0.25) is 9.59 Å². The number of fused-ring (bicyclic) bond motifs is 1. The van der Waals surface area contributed by atoms with Gasteiger partial charge in [-0.2, -0.15) is 0 Å². The van der Waals surface area contributed by atoms with Crippen LogP contribution in [0.15, 0.2) is 59.4 Å². The van der Waals surface area contributed by atoms with E-state index in [2.05, 4.69) is 4.98 Å². The Morgan fingerprint density at radius 1 is 0.893 bits per heavy atom. The molecule has 4 rings (SSSR count). The number of rotatable bonds is 2. The molecule has 0 spiro atoms. The molecule has 1 aliphatic heterocycles. The molecule has 1 aromatic heterocycles. The van der Waals surface area contributed by atoms with Gasteiger partial charge in [0.25, 0.3) is 11.5 Å². The molecule has 2 aromatic carbocycles. The molecule has 7 nitrogen and oxygen atoms in total. The average molecular weight is 377 g/mol. The lowest BCUT2D eigenvalue weighted by Crippen LogP contribution is -2.50. The highest BCUT2D eigenvalue weighted by atomic mass is 16.4. The minimum absolute atomic E-state index is 0.135. The first-order chi connectivity index (χ1) is 13.5. The number of para-hydroxylation sites is 1. The van der Waals surface area contributed by atoms with E-state index in [1.54, 1.807) is 29.2 Å². The van der Waals surface area contributed by atoms with Crippen LogP contribution >= 0.6 is 0 Å². The number of aromatic amines is 1. The van der Waals surface area contributed by atoms with Gasteiger partial charge in [0, 0.05) is 42.8 Å². The number of carboxylic acid groups (broad SMARTS) is 1. The zero-order valence-corrected chi connectivity index (χ0v) is 15.1. The van der Waals surface area contributed by atoms with Crippen molar-refractivity contribution in [2.45, 2.75) is 0 Å². The Morgan fingerprint density at radius 2 is 1.54 bits per heavy atom. The monoisotopic (exact) mass is 377 g/mol. The lowest BCUT2D eigenvalue weighted by molar-refractivity contribution is 0.0625. The molecule has 2 N–H and O–H groups in total. The maximum Gasteiger partial charge on any atom is 0.407 e. The number of piperazine rings is 1. The number of hydrogen-bond donors (Lipinski definition) is 2. The molecule has 0 aliphatic carbocycles. The molecule has 0 radical (unpaired) electrons. The average Bonchev–Trinajstić information content (AvgIpc) is 2.73. The van der Waals surface area contributed by atoms with Crippen LogP contribution in [0.3, 0.4) is 0 Å². The summed E-state index contributed by atoms with van der Waals surface area (Å²) in [6.45, 7) is 1.37. The van der Waals surface area contributed by atoms with Crippen molar-refractivity contribution in [1.29, 1.82) is 0 Å². The Morgan fingerprint density at radius 3 is 2.21 bits per heavy atom. The van der Waals surface area contributed by atoms with E-state index in [0.717, 1.165) is 16.5 Å². The van der Waals surface area contributed by atoms with Gasteiger partial charge in [-0.05, 0) is 35.2 Å². The number of benzene rings is 2. The van der Waals surface area contributed by atoms with Crippen LogP contribution < -0.4 is 5.56 Å². The van der Waals surface area contributed by atoms with Gasteiger partial charge in [0.1, 0.15) is 0 Å². The van der Waals surface area contributed by atoms with Gasteiger partial charge < -0.3 is 19.9 Å². The Labute approximate surface area is 160 Å². The van der Waals surface area contributed by atoms with Gasteiger partial charge >= 0.3 is 6.09 Å². The molecule has 1 saturated heterocycles. The molecule has 0 saturated carbocycles. The molecule has 2 heterocycles. The predicted molar refractivity (Wildman–Crippen MR) is 106 cm³/mol. The minimum atomic E-state index is -0.961. The van der Waals surface area contributed by atoms with Crippen LogP contribution in [0.5, 0.6) is 0 Å². The van der Waals surface area contributed by atoms with E-state index >= 15 is 0 Å². The second-order valence-corrected chi connectivity index (χ2v) is 6.74. The van der Waals surface area contributed by atoms with Crippen LogP contribution in [0.25, 0.3) is 22.0 Å². The standard InChI is InChI=1S/C21H19N3O4/c25-19-17(13-16-3-1-2-4-18(16)22-19)14-5-7-15(8-6-14)20(26)23-9-11-24(12-10-23)21(27)28/h1-8,13H,9-12H2,(H,22,25)(H,27,28). The lowest BCUT2D eigenvalue weighted by Gasteiger charge is -2.33. The topological polar surface area (TPSA) is 93.7 Å². The van der Waals surface area contributed by atoms with Crippen LogP contribution in [0.1, 0.15) is 10.4 Å². The second kappa shape index (κ2) is 7.19. The lowest BCUT2D eigenvalue weighted by atomic mass is 10.0. The number of nitrogens with one attached hydrogen (secondary N) is 1. The minimum Gasteiger partial charge on any atom is -0.465 e. The number of amides is 2. The van der Waals surface area contributed by atoms with Crippen molar-refractivity contribution in [3.8, 4) is 11.1 Å². The number of carbonyl (C=O) groups excluding carboxylic acids is 1. The highest BCUT2D eigenvalue weighted by Gasteiger charge is 2.24. The van der Waals surface area contributed by atoms with Crippen LogP contribution in [0.4, 0.5) is 4.79 Å². The zero-order chi connectivity index (χ0) is 19.7. The number of nitrogens with zero attached hydrogens (tertiary/aromatic N) is 2. The van der Waals surface area contributed by atoms with Crippen LogP contribution in [-0.4, -0.2) is 58.1 Å². The summed E-state index contributed by atoms with van der Waals surface area (Å²) < 4.78 is 0. The van der Waals surface area contributed by atoms with Gasteiger partial charge in [-0.1, -0.05) is 30.3 Å². The predicted octanol–water partition coefficient (Wildman–Crippen LogP) is 2.63. The largest absolute Gasteiger partial charge is 0.465 e. The molecule has 1 fully saturated rings. The van der Waals surface area contributed by atoms with Gasteiger partial charge in [0.15, 0.2) is 0 Å². The molecule has 3 aromatic rings. The molecular weight excluding hydrogens is 358 g/mol. The maximum atomic E-state index is 12.7. The number of H-pyrrole nitrogens is 1. The molecule has 1 aliphatic rings. The third-order valence-corrected chi connectivity index (χ3v) is 5.03. The summed E-state index contributed by atoms with van der Waals surface area (Å²) in [4.78, 5) is 41.9. The molecule has 0 bridgehead atoms. The fourth-order valence-corrected chi connectivity index (χ4v) is 3.44. The van der Waals surface area contributed by atoms with Crippen LogP contribution in [0.2, 0.25) is 0 Å². The fraction of sp³-hybridized carbons (Fsp3) is 0.190. The summed E-state index contributed by atoms with van der Waals surface area (Å²) in [5.74, 6) is -0.135. The van der Waals surface area contributed by atoms with E-state index in [9.17, 15) is 14.4 Å². The second-order valence-electron chi connectivity index (χ2n) is 6.74. The first-order valence-electron chi connectivity index (χ1n) is 9.02. The summed E-state index contributed by atoms with van der Waals surface area (Å²) in [7, 11) is 0. The third-order valence-electron chi connectivity index (χ3n) is 5.03. The fourth-order valence-electron chi connectivity index (χ4n) is 3.44. The van der Waals surface area contributed by atoms with Crippen molar-refractivity contribution < 1.29 is 14.7 Å². The highest BCUT2D eigenvalue weighted by Crippen LogP contribution is 2.21. The molecule has 0 unspecified atom stereocenters. The van der Waals surface area contributed by atoms with Gasteiger partial charge in [0.2, 0.25) is 0 Å². The number of hydrogen-bond acceptors (Lipinski definition) is 3. The van der Waals surface area contributed by atoms with E-state index in [1.165, 1.54) is 4.90 Å². The smallest absolute Gasteiger partial charge is 0.407 e. The highest BCUT2D eigenvalue weighted by molar-refractivity contribution is 5.95. The Balaban J connectivity index is 1.54. The van der Waals surface area contributed by atoms with Crippen LogP contribution in [0, 0.1) is 0 Å². The number of carbonyl (C=O) groups is 2. The van der Waals surface area contributed by atoms with E-state index in [4.69, 9.17) is 5.11 Å². The molecule has 7 heteroatoms. The van der Waals surface area contributed by atoms with E-state index in [1.807, 2.05) is 30.3 Å². The van der Waals surface area contributed by atoms with E-state index in [0.29, 0.717) is 37.3 Å². The molecule has 142 valence electrons. The summed E-state index contributed by atoms with van der Waals surface area (Å²) in [5.41, 5.74) is 2.41. The Hall–Kier alpha value is -3.61. The normalized spacial score (nSPS) is 14.3. The van der Waals surface area contributed by atoms with Crippen molar-refractivity contribution in [1.82, 2.24) is 14.8 Å². The Bertz CT molecular complexity index is 1100. The van der Waals surface area contributed by atoms with Crippen molar-refractivity contribution >= 4 is 22.9 Å². The quantitative estimate of drug-likeness (QED) is 0.718. The third kappa shape index (κ3) is 3.34. The SMILES string of the molecule is O=C(O)N1CCN(C(=O)c2ccc(-c3cc4ccccc4[nH]c3=O)cc2)CC1. The van der Waals surface area contributed by atoms with E-state index in [-0.39, 0.29) is 11.5 Å². The maximum absolute atomic E-state index is 12.7. The number of aromatic nitrogens is 1. The van der Waals surface area contributed by atoms with Crippen molar-refractivity contribution in [2.24, 2.45) is 0 Å². The molecular formula is C21H19N3O4. The summed E-state index contributed by atoms with van der Waals surface area (Å²) >= 11 is 0. The zero-order valence-electron chi connectivity index (χ0n) is 15.1. The van der Waals surface area contributed by atoms with Crippen LogP contribution in [-0.2, 0) is 0 Å². The number of pyridine rings is 1. The van der Waals surface area contributed by atoms with Crippen molar-refractivity contribution in [2.75, 3.05) is 26.2 Å². The first kappa shape index (κ1) is 17.8. The van der Waals surface area contributed by atoms with Gasteiger partial charge in [0.05, 0.1) is 0 Å². The molecule has 28 heavy (non-hydrogen) atoms. The first-order valence-corrected chi connectivity index (χ1v) is 9.02. The van der Waals surface area contributed by atoms with Gasteiger partial charge in [-0.15, -0.1) is 0 Å². The summed E-state index contributed by atoms with van der Waals surface area (Å²) in [5, 5.41) is 9.94. The Kier molecular flexibility index (Phi) is 4.57. The molecule has 2 amide bonds.